The number of methoxy groups -OCH3 is 2. The van der Waals surface area contributed by atoms with Crippen molar-refractivity contribution in [2.45, 2.75) is 18.3 Å². The molecule has 0 unspecified atom stereocenters. The Hall–Kier alpha value is -2.82. The van der Waals surface area contributed by atoms with Crippen molar-refractivity contribution in [3.05, 3.63) is 65.7 Å². The molecule has 0 heterocycles. The molecule has 0 bridgehead atoms. The Kier molecular flexibility index (Phi) is 5.95. The van der Waals surface area contributed by atoms with Crippen molar-refractivity contribution in [2.75, 3.05) is 14.2 Å². The number of rotatable bonds is 7. The second-order valence-electron chi connectivity index (χ2n) is 5.39. The molecule has 0 fully saturated rings. The third kappa shape index (κ3) is 4.13. The molecule has 1 N–H and O–H groups in total. The molecular weight excluding hydrogens is 308 g/mol. The van der Waals surface area contributed by atoms with Crippen LogP contribution in [0, 0.1) is 0 Å². The Labute approximate surface area is 140 Å². The van der Waals surface area contributed by atoms with Gasteiger partial charge < -0.3 is 14.6 Å². The molecule has 5 heteroatoms. The first-order valence-electron chi connectivity index (χ1n) is 7.55. The summed E-state index contributed by atoms with van der Waals surface area (Å²) < 4.78 is 9.89. The molecule has 0 aliphatic rings. The predicted molar refractivity (Wildman–Crippen MR) is 89.2 cm³/mol. The molecule has 0 saturated heterocycles. The van der Waals surface area contributed by atoms with Crippen molar-refractivity contribution in [3.8, 4) is 5.75 Å². The number of hydrogen-bond acceptors (Lipinski definition) is 4. The molecule has 0 saturated carbocycles. The maximum atomic E-state index is 11.9. The van der Waals surface area contributed by atoms with Crippen LogP contribution in [0.4, 0.5) is 0 Å². The van der Waals surface area contributed by atoms with Gasteiger partial charge in [-0.2, -0.15) is 0 Å². The summed E-state index contributed by atoms with van der Waals surface area (Å²) in [6.07, 6.45) is -0.0192. The first-order chi connectivity index (χ1) is 11.6. The van der Waals surface area contributed by atoms with Crippen molar-refractivity contribution in [1.29, 1.82) is 0 Å². The number of carboxylic acid groups (broad SMARTS) is 1. The first kappa shape index (κ1) is 17.5. The van der Waals surface area contributed by atoms with Gasteiger partial charge in [-0.25, -0.2) is 0 Å². The summed E-state index contributed by atoms with van der Waals surface area (Å²) in [5, 5.41) is 9.77. The fourth-order valence-corrected chi connectivity index (χ4v) is 2.75. The average molecular weight is 328 g/mol. The fraction of sp³-hybridized carbons (Fsp3) is 0.263. The maximum absolute atomic E-state index is 11.9. The number of benzene rings is 2. The summed E-state index contributed by atoms with van der Waals surface area (Å²) in [6.45, 7) is 0. The molecule has 0 aromatic heterocycles. The van der Waals surface area contributed by atoms with E-state index >= 15 is 0 Å². The van der Waals surface area contributed by atoms with Crippen molar-refractivity contribution in [1.82, 2.24) is 0 Å². The third-order valence-corrected chi connectivity index (χ3v) is 3.99. The Morgan fingerprint density at radius 3 is 2.08 bits per heavy atom. The number of carboxylic acids is 1. The Morgan fingerprint density at radius 2 is 1.58 bits per heavy atom. The van der Waals surface area contributed by atoms with Crippen molar-refractivity contribution >= 4 is 11.9 Å². The molecular formula is C19H20O5. The van der Waals surface area contributed by atoms with Crippen molar-refractivity contribution < 1.29 is 24.2 Å². The molecule has 0 aliphatic carbocycles. The summed E-state index contributed by atoms with van der Waals surface area (Å²) in [6, 6.07) is 16.0. The highest BCUT2D eigenvalue weighted by atomic mass is 16.5. The van der Waals surface area contributed by atoms with E-state index in [1.54, 1.807) is 55.6 Å². The van der Waals surface area contributed by atoms with Crippen LogP contribution in [-0.4, -0.2) is 31.3 Å². The number of esters is 1. The molecule has 2 rings (SSSR count). The number of hydrogen-bond donors (Lipinski definition) is 1. The smallest absolute Gasteiger partial charge is 0.311 e. The fourth-order valence-electron chi connectivity index (χ4n) is 2.75. The molecule has 24 heavy (non-hydrogen) atoms. The highest BCUT2D eigenvalue weighted by molar-refractivity contribution is 5.80. The lowest BCUT2D eigenvalue weighted by Gasteiger charge is -2.24. The molecule has 5 nitrogen and oxygen atoms in total. The minimum atomic E-state index is -0.981. The lowest BCUT2D eigenvalue weighted by Crippen LogP contribution is -2.23. The Bertz CT molecular complexity index is 679. The zero-order chi connectivity index (χ0) is 17.5. The number of carbonyl (C=O) groups is 2. The van der Waals surface area contributed by atoms with Gasteiger partial charge in [-0.1, -0.05) is 42.5 Å². The Morgan fingerprint density at radius 1 is 0.958 bits per heavy atom. The van der Waals surface area contributed by atoms with Gasteiger partial charge in [0.15, 0.2) is 0 Å². The van der Waals surface area contributed by atoms with Crippen LogP contribution in [-0.2, 0) is 14.3 Å². The van der Waals surface area contributed by atoms with Crippen LogP contribution in [0.3, 0.4) is 0 Å². The van der Waals surface area contributed by atoms with E-state index < -0.39 is 23.8 Å². The molecule has 2 atom stereocenters. The van der Waals surface area contributed by atoms with E-state index in [1.807, 2.05) is 6.07 Å². The van der Waals surface area contributed by atoms with E-state index in [0.717, 1.165) is 5.56 Å². The highest BCUT2D eigenvalue weighted by Gasteiger charge is 2.33. The lowest BCUT2D eigenvalue weighted by atomic mass is 9.79. The van der Waals surface area contributed by atoms with Gasteiger partial charge in [-0.15, -0.1) is 0 Å². The molecule has 0 radical (unpaired) electrons. The minimum Gasteiger partial charge on any atom is -0.497 e. The SMILES string of the molecule is COC(=O)C[C@@H](c1ccc(OC)cc1)[C@H](C(=O)O)c1ccccc1. The topological polar surface area (TPSA) is 72.8 Å². The second kappa shape index (κ2) is 8.15. The molecule has 0 amide bonds. The van der Waals surface area contributed by atoms with Crippen molar-refractivity contribution in [2.24, 2.45) is 0 Å². The number of ether oxygens (including phenoxy) is 2. The van der Waals surface area contributed by atoms with E-state index in [2.05, 4.69) is 0 Å². The molecule has 2 aromatic rings. The van der Waals surface area contributed by atoms with Gasteiger partial charge in [0.25, 0.3) is 0 Å². The van der Waals surface area contributed by atoms with Crippen LogP contribution in [0.2, 0.25) is 0 Å². The summed E-state index contributed by atoms with van der Waals surface area (Å²) in [7, 11) is 2.86. The standard InChI is InChI=1S/C19H20O5/c1-23-15-10-8-13(9-11-15)16(12-17(20)24-2)18(19(21)22)14-6-4-3-5-7-14/h3-11,16,18H,12H2,1-2H3,(H,21,22)/t16-,18+/m0/s1. The van der Waals surface area contributed by atoms with Crippen LogP contribution in [0.15, 0.2) is 54.6 Å². The van der Waals surface area contributed by atoms with E-state index in [9.17, 15) is 14.7 Å². The largest absolute Gasteiger partial charge is 0.497 e. The first-order valence-corrected chi connectivity index (χ1v) is 7.55. The van der Waals surface area contributed by atoms with Crippen LogP contribution < -0.4 is 4.74 Å². The van der Waals surface area contributed by atoms with Crippen LogP contribution >= 0.6 is 0 Å². The molecule has 2 aromatic carbocycles. The molecule has 126 valence electrons. The van der Waals surface area contributed by atoms with Crippen LogP contribution in [0.1, 0.15) is 29.4 Å². The van der Waals surface area contributed by atoms with E-state index in [-0.39, 0.29) is 6.42 Å². The van der Waals surface area contributed by atoms with Gasteiger partial charge in [0, 0.05) is 5.92 Å². The highest BCUT2D eigenvalue weighted by Crippen LogP contribution is 2.37. The number of aliphatic carboxylic acids is 1. The summed E-state index contributed by atoms with van der Waals surface area (Å²) >= 11 is 0. The predicted octanol–water partition coefficient (Wildman–Crippen LogP) is 3.21. The second-order valence-corrected chi connectivity index (χ2v) is 5.39. The average Bonchev–Trinajstić information content (AvgIpc) is 2.61. The molecule has 0 spiro atoms. The third-order valence-electron chi connectivity index (χ3n) is 3.99. The van der Waals surface area contributed by atoms with E-state index in [1.165, 1.54) is 7.11 Å². The van der Waals surface area contributed by atoms with E-state index in [4.69, 9.17) is 9.47 Å². The van der Waals surface area contributed by atoms with Crippen molar-refractivity contribution in [3.63, 3.8) is 0 Å². The van der Waals surface area contributed by atoms with Gasteiger partial charge in [0.1, 0.15) is 5.75 Å². The monoisotopic (exact) mass is 328 g/mol. The molecule has 0 aliphatic heterocycles. The summed E-state index contributed by atoms with van der Waals surface area (Å²) in [5.41, 5.74) is 1.40. The van der Waals surface area contributed by atoms with Gasteiger partial charge in [0.2, 0.25) is 0 Å². The summed E-state index contributed by atoms with van der Waals surface area (Å²) in [4.78, 5) is 23.8. The zero-order valence-corrected chi connectivity index (χ0v) is 13.6. The maximum Gasteiger partial charge on any atom is 0.311 e. The van der Waals surface area contributed by atoms with Gasteiger partial charge >= 0.3 is 11.9 Å². The van der Waals surface area contributed by atoms with Crippen LogP contribution in [0.25, 0.3) is 0 Å². The van der Waals surface area contributed by atoms with Gasteiger partial charge in [-0.3, -0.25) is 9.59 Å². The summed E-state index contributed by atoms with van der Waals surface area (Å²) in [5.74, 6) is -2.15. The minimum absolute atomic E-state index is 0.0192. The normalized spacial score (nSPS) is 12.9. The quantitative estimate of drug-likeness (QED) is 0.790. The Balaban J connectivity index is 2.45. The zero-order valence-electron chi connectivity index (χ0n) is 13.6. The van der Waals surface area contributed by atoms with Gasteiger partial charge in [-0.05, 0) is 23.3 Å². The van der Waals surface area contributed by atoms with E-state index in [0.29, 0.717) is 11.3 Å². The van der Waals surface area contributed by atoms with Crippen LogP contribution in [0.5, 0.6) is 5.75 Å². The van der Waals surface area contributed by atoms with Gasteiger partial charge in [0.05, 0.1) is 26.6 Å². The lowest BCUT2D eigenvalue weighted by molar-refractivity contribution is -0.142. The number of carbonyl (C=O) groups excluding carboxylic acids is 1.